The van der Waals surface area contributed by atoms with Crippen LogP contribution in [-0.4, -0.2) is 32.1 Å². The van der Waals surface area contributed by atoms with E-state index in [1.54, 1.807) is 33.1 Å². The van der Waals surface area contributed by atoms with Crippen LogP contribution in [0.4, 0.5) is 0 Å². The highest BCUT2D eigenvalue weighted by atomic mass is 32.2. The van der Waals surface area contributed by atoms with E-state index in [0.717, 1.165) is 16.7 Å². The van der Waals surface area contributed by atoms with Crippen molar-refractivity contribution >= 4 is 23.7 Å². The second kappa shape index (κ2) is 9.83. The third-order valence-corrected chi connectivity index (χ3v) is 6.55. The summed E-state index contributed by atoms with van der Waals surface area (Å²) in [6.45, 7) is 0.541. The van der Waals surface area contributed by atoms with Gasteiger partial charge in [-0.2, -0.15) is 0 Å². The molecular weight excluding hydrogens is 422 g/mol. The second-order valence-electron chi connectivity index (χ2n) is 7.27. The van der Waals surface area contributed by atoms with Gasteiger partial charge >= 0.3 is 0 Å². The smallest absolute Gasteiger partial charge is 0.261 e. The van der Waals surface area contributed by atoms with Crippen LogP contribution in [0.3, 0.4) is 0 Å². The molecule has 1 amide bonds. The molecule has 0 radical (unpaired) electrons. The normalized spacial score (nSPS) is 17.0. The van der Waals surface area contributed by atoms with E-state index in [1.165, 1.54) is 0 Å². The van der Waals surface area contributed by atoms with Gasteiger partial charge in [0.05, 0.1) is 26.2 Å². The van der Waals surface area contributed by atoms with Crippen LogP contribution in [-0.2, 0) is 11.3 Å². The number of methoxy groups -OCH3 is 3. The zero-order valence-corrected chi connectivity index (χ0v) is 19.1. The molecule has 1 atom stereocenters. The maximum Gasteiger partial charge on any atom is 0.261 e. The number of carbonyl (C=O) groups is 1. The molecule has 3 aromatic carbocycles. The van der Waals surface area contributed by atoms with Crippen LogP contribution in [0.5, 0.6) is 17.2 Å². The Bertz CT molecular complexity index is 1090. The highest BCUT2D eigenvalue weighted by molar-refractivity contribution is 8.04. The highest BCUT2D eigenvalue weighted by Crippen LogP contribution is 2.47. The van der Waals surface area contributed by atoms with Crippen molar-refractivity contribution in [3.8, 4) is 17.2 Å². The van der Waals surface area contributed by atoms with Gasteiger partial charge in [0.2, 0.25) is 5.75 Å². The fraction of sp³-hybridized carbons (Fsp3) is 0.192. The van der Waals surface area contributed by atoms with Gasteiger partial charge < -0.3 is 19.1 Å². The minimum absolute atomic E-state index is 0.00135. The summed E-state index contributed by atoms with van der Waals surface area (Å²) in [7, 11) is 4.73. The molecule has 6 heteroatoms. The van der Waals surface area contributed by atoms with Crippen LogP contribution in [0.15, 0.2) is 77.7 Å². The molecule has 1 heterocycles. The molecule has 4 rings (SSSR count). The van der Waals surface area contributed by atoms with Gasteiger partial charge in [0, 0.05) is 6.54 Å². The first-order valence-electron chi connectivity index (χ1n) is 10.2. The number of hydrogen-bond acceptors (Lipinski definition) is 5. The molecule has 0 aliphatic carbocycles. The molecule has 0 saturated carbocycles. The monoisotopic (exact) mass is 447 g/mol. The summed E-state index contributed by atoms with van der Waals surface area (Å²) < 4.78 is 16.3. The third-order valence-electron chi connectivity index (χ3n) is 5.26. The van der Waals surface area contributed by atoms with E-state index in [4.69, 9.17) is 14.2 Å². The Morgan fingerprint density at radius 3 is 2.03 bits per heavy atom. The maximum atomic E-state index is 13.5. The minimum atomic E-state index is -0.0998. The summed E-state index contributed by atoms with van der Waals surface area (Å²) in [5, 5.41) is -0.0998. The minimum Gasteiger partial charge on any atom is -0.493 e. The second-order valence-corrected chi connectivity index (χ2v) is 8.39. The lowest BCUT2D eigenvalue weighted by Crippen LogP contribution is -2.27. The van der Waals surface area contributed by atoms with E-state index < -0.39 is 0 Å². The number of hydrogen-bond donors (Lipinski definition) is 0. The Balaban J connectivity index is 1.72. The zero-order valence-electron chi connectivity index (χ0n) is 18.3. The van der Waals surface area contributed by atoms with Crippen molar-refractivity contribution < 1.29 is 19.0 Å². The average molecular weight is 448 g/mol. The quantitative estimate of drug-likeness (QED) is 0.446. The van der Waals surface area contributed by atoms with Gasteiger partial charge in [0.1, 0.15) is 5.37 Å². The molecule has 164 valence electrons. The molecule has 1 aliphatic heterocycles. The van der Waals surface area contributed by atoms with Crippen LogP contribution in [0.1, 0.15) is 22.1 Å². The first-order chi connectivity index (χ1) is 15.6. The lowest BCUT2D eigenvalue weighted by Gasteiger charge is -2.23. The number of ether oxygens (including phenoxy) is 3. The predicted molar refractivity (Wildman–Crippen MR) is 128 cm³/mol. The lowest BCUT2D eigenvalue weighted by atomic mass is 10.1. The Morgan fingerprint density at radius 2 is 1.47 bits per heavy atom. The largest absolute Gasteiger partial charge is 0.493 e. The molecule has 32 heavy (non-hydrogen) atoms. The van der Waals surface area contributed by atoms with Gasteiger partial charge in [0.25, 0.3) is 5.91 Å². The summed E-state index contributed by atoms with van der Waals surface area (Å²) in [6.07, 6.45) is 1.89. The third kappa shape index (κ3) is 4.46. The van der Waals surface area contributed by atoms with Crippen molar-refractivity contribution in [3.05, 3.63) is 94.4 Å². The Kier molecular flexibility index (Phi) is 6.71. The van der Waals surface area contributed by atoms with E-state index in [2.05, 4.69) is 12.1 Å². The van der Waals surface area contributed by atoms with E-state index in [1.807, 2.05) is 71.6 Å². The summed E-state index contributed by atoms with van der Waals surface area (Å²) in [5.74, 6) is 1.63. The Labute approximate surface area is 192 Å². The standard InChI is InChI=1S/C26H25NO4S/c1-29-21-14-19(15-22(30-2)24(21)31-3)16-23-25(28)27(17-18-10-6-4-7-11-18)26(32-23)20-12-8-5-9-13-20/h4-16,26H,17H2,1-3H3. The summed E-state index contributed by atoms with van der Waals surface area (Å²) in [4.78, 5) is 16.1. The average Bonchev–Trinajstić information content (AvgIpc) is 3.14. The molecule has 5 nitrogen and oxygen atoms in total. The maximum absolute atomic E-state index is 13.5. The molecule has 3 aromatic rings. The molecule has 1 fully saturated rings. The molecule has 0 spiro atoms. The molecule has 1 saturated heterocycles. The first kappa shape index (κ1) is 21.8. The van der Waals surface area contributed by atoms with Crippen molar-refractivity contribution in [1.82, 2.24) is 4.90 Å². The Hall–Kier alpha value is -3.38. The predicted octanol–water partition coefficient (Wildman–Crippen LogP) is 5.53. The fourth-order valence-corrected chi connectivity index (χ4v) is 4.97. The van der Waals surface area contributed by atoms with E-state index >= 15 is 0 Å². The van der Waals surface area contributed by atoms with Gasteiger partial charge in [-0.05, 0) is 34.9 Å². The van der Waals surface area contributed by atoms with Gasteiger partial charge in [-0.1, -0.05) is 72.4 Å². The van der Waals surface area contributed by atoms with E-state index in [-0.39, 0.29) is 11.3 Å². The molecular formula is C26H25NO4S. The van der Waals surface area contributed by atoms with Crippen molar-refractivity contribution in [2.24, 2.45) is 0 Å². The fourth-order valence-electron chi connectivity index (χ4n) is 3.71. The van der Waals surface area contributed by atoms with Crippen molar-refractivity contribution in [2.45, 2.75) is 11.9 Å². The van der Waals surface area contributed by atoms with Gasteiger partial charge in [-0.3, -0.25) is 4.79 Å². The Morgan fingerprint density at radius 1 is 0.875 bits per heavy atom. The molecule has 1 aliphatic rings. The van der Waals surface area contributed by atoms with E-state index in [9.17, 15) is 4.79 Å². The highest BCUT2D eigenvalue weighted by Gasteiger charge is 2.37. The van der Waals surface area contributed by atoms with Crippen molar-refractivity contribution in [1.29, 1.82) is 0 Å². The van der Waals surface area contributed by atoms with Crippen LogP contribution >= 0.6 is 11.8 Å². The van der Waals surface area contributed by atoms with Gasteiger partial charge in [0.15, 0.2) is 11.5 Å². The molecule has 0 bridgehead atoms. The number of amides is 1. The summed E-state index contributed by atoms with van der Waals surface area (Å²) in [6, 6.07) is 23.9. The molecule has 0 N–H and O–H groups in total. The number of thioether (sulfide) groups is 1. The van der Waals surface area contributed by atoms with E-state index in [0.29, 0.717) is 28.7 Å². The van der Waals surface area contributed by atoms with Crippen LogP contribution in [0.2, 0.25) is 0 Å². The van der Waals surface area contributed by atoms with Crippen LogP contribution in [0, 0.1) is 0 Å². The number of rotatable bonds is 7. The van der Waals surface area contributed by atoms with Crippen LogP contribution < -0.4 is 14.2 Å². The van der Waals surface area contributed by atoms with Crippen molar-refractivity contribution in [2.75, 3.05) is 21.3 Å². The topological polar surface area (TPSA) is 48.0 Å². The van der Waals surface area contributed by atoms with Gasteiger partial charge in [-0.15, -0.1) is 0 Å². The van der Waals surface area contributed by atoms with Crippen molar-refractivity contribution in [3.63, 3.8) is 0 Å². The summed E-state index contributed by atoms with van der Waals surface area (Å²) in [5.41, 5.74) is 3.00. The number of carbonyl (C=O) groups excluding carboxylic acids is 1. The summed E-state index contributed by atoms with van der Waals surface area (Å²) >= 11 is 1.56. The molecule has 0 aromatic heterocycles. The zero-order chi connectivity index (χ0) is 22.5. The lowest BCUT2D eigenvalue weighted by molar-refractivity contribution is -0.126. The van der Waals surface area contributed by atoms with Crippen LogP contribution in [0.25, 0.3) is 6.08 Å². The number of benzene rings is 3. The SMILES string of the molecule is COc1cc(C=C2SC(c3ccccc3)N(Cc3ccccc3)C2=O)cc(OC)c1OC. The first-order valence-corrected chi connectivity index (χ1v) is 11.1. The molecule has 1 unspecified atom stereocenters. The van der Waals surface area contributed by atoms with Gasteiger partial charge in [-0.25, -0.2) is 0 Å². The number of nitrogens with zero attached hydrogens (tertiary/aromatic N) is 1.